The van der Waals surface area contributed by atoms with Gasteiger partial charge in [0, 0.05) is 73.2 Å². The topological polar surface area (TPSA) is 490 Å². The molecule has 135 heavy (non-hydrogen) atoms. The molecular formula is C96H148N14O25. The molecule has 3 aliphatic rings. The first-order valence-corrected chi connectivity index (χ1v) is 47.0. The molecule has 0 radical (unpaired) electrons. The summed E-state index contributed by atoms with van der Waals surface area (Å²) in [7, 11) is 3.17. The normalized spacial score (nSPS) is 15.3. The van der Waals surface area contributed by atoms with Gasteiger partial charge in [-0.15, -0.1) is 0 Å². The lowest BCUT2D eigenvalue weighted by Crippen LogP contribution is -2.61. The number of nitrogens with zero attached hydrogens (tertiary/aromatic N) is 5. The Kier molecular flexibility index (Phi) is 49.8. The van der Waals surface area contributed by atoms with Gasteiger partial charge in [-0.05, 0) is 112 Å². The van der Waals surface area contributed by atoms with Crippen LogP contribution in [0, 0.1) is 22.7 Å². The summed E-state index contributed by atoms with van der Waals surface area (Å²) < 4.78 is 72.4. The number of para-hydroxylation sites is 1. The van der Waals surface area contributed by atoms with Crippen LogP contribution in [0.5, 0.6) is 0 Å². The quantitative estimate of drug-likeness (QED) is 0.0200. The summed E-state index contributed by atoms with van der Waals surface area (Å²) in [5.74, 6) is -5.99. The number of benzene rings is 3. The highest BCUT2D eigenvalue weighted by atomic mass is 16.6. The van der Waals surface area contributed by atoms with Gasteiger partial charge in [0.05, 0.1) is 209 Å². The Bertz CT molecular complexity index is 4360. The number of carboxylic acid groups (broad SMARTS) is 1. The lowest BCUT2D eigenvalue weighted by Gasteiger charge is -2.45. The summed E-state index contributed by atoms with van der Waals surface area (Å²) in [6.45, 7) is 28.8. The van der Waals surface area contributed by atoms with E-state index in [1.54, 1.807) is 57.1 Å². The fourth-order valence-electron chi connectivity index (χ4n) is 15.9. The predicted molar refractivity (Wildman–Crippen MR) is 502 cm³/mol. The second-order valence-electron chi connectivity index (χ2n) is 35.7. The smallest absolute Gasteiger partial charge is 0.331 e. The van der Waals surface area contributed by atoms with E-state index in [2.05, 4.69) is 52.6 Å². The number of piperidine rings is 1. The average Bonchev–Trinajstić information content (AvgIpc) is 1.69. The monoisotopic (exact) mass is 1900 g/mol. The lowest BCUT2D eigenvalue weighted by atomic mass is 9.65. The van der Waals surface area contributed by atoms with Crippen LogP contribution in [0.25, 0.3) is 22.5 Å². The number of H-pyrrole nitrogens is 1. The van der Waals surface area contributed by atoms with Crippen molar-refractivity contribution in [1.29, 1.82) is 0 Å². The summed E-state index contributed by atoms with van der Waals surface area (Å²) >= 11 is 0. The zero-order valence-corrected chi connectivity index (χ0v) is 81.0. The summed E-state index contributed by atoms with van der Waals surface area (Å²) in [5.41, 5.74) is 9.69. The number of aromatic nitrogens is 3. The second-order valence-corrected chi connectivity index (χ2v) is 35.7. The number of primary amides is 1. The summed E-state index contributed by atoms with van der Waals surface area (Å²) in [6, 6.07) is 15.9. The first-order valence-electron chi connectivity index (χ1n) is 47.0. The number of rotatable bonds is 65. The Morgan fingerprint density at radius 2 is 1.00 bits per heavy atom. The number of fused-ring (bicyclic) bond motifs is 5. The molecule has 0 unspecified atom stereocenters. The molecule has 1 saturated heterocycles. The molecule has 1 spiro atoms. The Morgan fingerprint density at radius 3 is 1.48 bits per heavy atom. The van der Waals surface area contributed by atoms with Crippen molar-refractivity contribution >= 4 is 76.4 Å². The minimum Gasteiger partial charge on any atom is -0.478 e. The van der Waals surface area contributed by atoms with Gasteiger partial charge >= 0.3 is 5.97 Å². The predicted octanol–water partition coefficient (Wildman–Crippen LogP) is 5.21. The van der Waals surface area contributed by atoms with Crippen LogP contribution in [-0.4, -0.2) is 337 Å². The van der Waals surface area contributed by atoms with Gasteiger partial charge in [-0.25, -0.2) is 4.79 Å². The van der Waals surface area contributed by atoms with Crippen molar-refractivity contribution in [2.24, 2.45) is 28.4 Å². The van der Waals surface area contributed by atoms with E-state index in [0.717, 1.165) is 66.6 Å². The highest BCUT2D eigenvalue weighted by Crippen LogP contribution is 2.47. The van der Waals surface area contributed by atoms with Gasteiger partial charge in [0.1, 0.15) is 35.6 Å². The number of aliphatic carboxylic acids is 1. The van der Waals surface area contributed by atoms with Crippen LogP contribution in [0.1, 0.15) is 145 Å². The standard InChI is InChI=1S/C96H148N14O25/c1-66(2)78(62-67(3)93(121)122)108(12)92(120)86(94(6,7)8)104-91(119)85(98-11)95(9,10)72-19-17-20-73(63-72)102-90(118)76(64-79(97)111)103-88(116)69(5)101-87(115)68(4)100-80(112)27-36-123-38-40-125-42-44-127-46-48-129-50-52-131-54-56-133-58-60-135-61-59-134-57-55-132-53-51-130-49-47-128-45-43-126-41-39-124-37-28-81(113)109-34-31-96(32-35-109)29-24-70(25-30-96)89(117)99-33-26-82(114)110-65-71-18-13-14-21-74(71)83-84(106-107-105-83)75-22-15-16-23-77(75)110/h13-23,62-63,66,68-70,76,78,85-86,98H,24-61,64-65H2,1-12H3,(H2,97,111)(H,99,117)(H,100,112)(H,101,115)(H,102,118)(H,103,116)(H,104,119)(H,121,122)(H,105,106,107)/b67-62+/t68-,69-,76-,78+,85+,86+/m0/s1. The number of likely N-dealkylation sites (tertiary alicyclic amines) is 1. The minimum absolute atomic E-state index is 0.00382. The van der Waals surface area contributed by atoms with Gasteiger partial charge < -0.3 is 124 Å². The molecule has 1 aromatic heterocycles. The highest BCUT2D eigenvalue weighted by molar-refractivity contribution is 6.02. The van der Waals surface area contributed by atoms with E-state index in [1.807, 2.05) is 88.0 Å². The van der Waals surface area contributed by atoms with Crippen molar-refractivity contribution in [3.05, 3.63) is 95.6 Å². The molecular weight excluding hydrogens is 1750 g/mol. The maximum absolute atomic E-state index is 14.3. The van der Waals surface area contributed by atoms with E-state index in [4.69, 9.17) is 67.3 Å². The zero-order chi connectivity index (χ0) is 98.1. The first kappa shape index (κ1) is 112. The number of nitrogens with two attached hydrogens (primary N) is 1. The summed E-state index contributed by atoms with van der Waals surface area (Å²) in [6.07, 6.45) is 6.69. The van der Waals surface area contributed by atoms with Crippen molar-refractivity contribution < 1.29 is 119 Å². The molecule has 0 bridgehead atoms. The molecule has 3 heterocycles. The zero-order valence-electron chi connectivity index (χ0n) is 81.0. The number of carboxylic acids is 1. The number of carbonyl (C=O) groups excluding carboxylic acids is 10. The van der Waals surface area contributed by atoms with E-state index < -0.39 is 101 Å². The van der Waals surface area contributed by atoms with Crippen molar-refractivity contribution in [3.8, 4) is 22.5 Å². The number of hydrogen-bond donors (Lipinski definition) is 10. The van der Waals surface area contributed by atoms with Crippen LogP contribution in [-0.2, 0) is 126 Å². The molecule has 3 aromatic carbocycles. The van der Waals surface area contributed by atoms with Crippen molar-refractivity contribution in [1.82, 2.24) is 57.1 Å². The molecule has 6 atom stereocenters. The number of anilines is 2. The fourth-order valence-corrected chi connectivity index (χ4v) is 15.9. The van der Waals surface area contributed by atoms with E-state index in [0.29, 0.717) is 189 Å². The van der Waals surface area contributed by atoms with E-state index in [-0.39, 0.29) is 85.4 Å². The number of amides is 10. The number of likely N-dealkylation sites (N-methyl/N-ethyl adjacent to an activating group) is 2. The number of aromatic amines is 1. The molecule has 39 nitrogen and oxygen atoms in total. The van der Waals surface area contributed by atoms with Gasteiger partial charge in [0.25, 0.3) is 0 Å². The molecule has 7 rings (SSSR count). The number of carbonyl (C=O) groups is 11. The molecule has 4 aromatic rings. The van der Waals surface area contributed by atoms with E-state index >= 15 is 0 Å². The number of ether oxygens (including phenoxy) is 13. The third-order valence-corrected chi connectivity index (χ3v) is 23.9. The van der Waals surface area contributed by atoms with Crippen LogP contribution < -0.4 is 47.9 Å². The lowest BCUT2D eigenvalue weighted by molar-refractivity contribution is -0.141. The SMILES string of the molecule is CN[C@H](C(=O)N[C@H](C(=O)N(C)[C@H](/C=C(\C)C(=O)O)C(C)C)C(C)(C)C)C(C)(C)c1cccc(NC(=O)[C@H](CC(N)=O)NC(=O)[C@H](C)NC(=O)[C@H](C)NC(=O)CCOCCOCCOCCOCCOCCOCCOCCOCCOCCOCCOCCOCCOCCC(=O)N2CCC3(CCC(C(=O)NCCC(=O)N4Cc5ccccc5-c5n[nH]nc5-c5ccccc54)CC3)CC2)c1. The van der Waals surface area contributed by atoms with Crippen LogP contribution in [0.4, 0.5) is 11.4 Å². The van der Waals surface area contributed by atoms with Crippen molar-refractivity contribution in [3.63, 3.8) is 0 Å². The van der Waals surface area contributed by atoms with Crippen LogP contribution in [0.2, 0.25) is 0 Å². The Hall–Kier alpha value is -9.85. The van der Waals surface area contributed by atoms with Gasteiger partial charge in [-0.1, -0.05) is 109 Å². The molecule has 10 amide bonds. The maximum atomic E-state index is 14.3. The highest BCUT2D eigenvalue weighted by Gasteiger charge is 2.44. The Morgan fingerprint density at radius 1 is 0.541 bits per heavy atom. The molecule has 11 N–H and O–H groups in total. The number of hydrogen-bond acceptors (Lipinski definition) is 27. The third kappa shape index (κ3) is 38.9. The Labute approximate surface area is 793 Å². The van der Waals surface area contributed by atoms with Gasteiger partial charge in [-0.3, -0.25) is 47.9 Å². The minimum atomic E-state index is -1.48. The largest absolute Gasteiger partial charge is 0.478 e. The van der Waals surface area contributed by atoms with E-state index in [9.17, 15) is 57.8 Å². The van der Waals surface area contributed by atoms with Gasteiger partial charge in [0.15, 0.2) is 0 Å². The summed E-state index contributed by atoms with van der Waals surface area (Å²) in [4.78, 5) is 151. The summed E-state index contributed by atoms with van der Waals surface area (Å²) in [5, 5.41) is 40.6. The first-order chi connectivity index (χ1) is 64.7. The number of nitrogens with one attached hydrogen (secondary N) is 8. The molecule has 1 saturated carbocycles. The molecule has 39 heteroatoms. The fraction of sp³-hybridized carbons (Fsp3) is 0.656. The molecule has 1 aliphatic carbocycles. The van der Waals surface area contributed by atoms with E-state index in [1.165, 1.54) is 31.7 Å². The van der Waals surface area contributed by atoms with Gasteiger partial charge in [0.2, 0.25) is 59.1 Å². The molecule has 752 valence electrons. The van der Waals surface area contributed by atoms with Crippen molar-refractivity contribution in [2.45, 2.75) is 182 Å². The van der Waals surface area contributed by atoms with Crippen LogP contribution >= 0.6 is 0 Å². The second kappa shape index (κ2) is 60.0. The third-order valence-electron chi connectivity index (χ3n) is 23.9. The average molecular weight is 1900 g/mol. The Balaban J connectivity index is 0.575. The van der Waals surface area contributed by atoms with Crippen LogP contribution in [0.3, 0.4) is 0 Å². The van der Waals surface area contributed by atoms with Crippen molar-refractivity contribution in [2.75, 3.05) is 216 Å². The molecule has 2 fully saturated rings. The van der Waals surface area contributed by atoms with Gasteiger partial charge in [-0.2, -0.15) is 15.4 Å². The molecule has 2 aliphatic heterocycles. The maximum Gasteiger partial charge on any atom is 0.331 e. The van der Waals surface area contributed by atoms with Crippen LogP contribution in [0.15, 0.2) is 84.4 Å².